The molecule has 0 aliphatic carbocycles. The first-order valence-electron chi connectivity index (χ1n) is 6.55. The van der Waals surface area contributed by atoms with E-state index in [0.717, 1.165) is 29.4 Å². The molecule has 112 valence electrons. The average Bonchev–Trinajstić information content (AvgIpc) is 2.49. The standard InChI is InChI=1S/C16H17F2NO2/c1-21-10-11-4-2-3-5-15(11)19-9-16(20)13-8-12(17)6-7-14(13)18/h2-8,16,19-20H,9-10H2,1H3. The Labute approximate surface area is 122 Å². The lowest BCUT2D eigenvalue weighted by atomic mass is 10.1. The molecule has 2 aromatic carbocycles. The van der Waals surface area contributed by atoms with Crippen molar-refractivity contribution in [1.29, 1.82) is 0 Å². The highest BCUT2D eigenvalue weighted by Gasteiger charge is 2.14. The van der Waals surface area contributed by atoms with E-state index in [9.17, 15) is 13.9 Å². The molecule has 0 heterocycles. The number of rotatable bonds is 6. The summed E-state index contributed by atoms with van der Waals surface area (Å²) in [6, 6.07) is 10.5. The van der Waals surface area contributed by atoms with E-state index in [4.69, 9.17) is 4.74 Å². The fraction of sp³-hybridized carbons (Fsp3) is 0.250. The lowest BCUT2D eigenvalue weighted by Crippen LogP contribution is -2.14. The van der Waals surface area contributed by atoms with Gasteiger partial charge in [0.15, 0.2) is 0 Å². The van der Waals surface area contributed by atoms with Crippen LogP contribution in [0.3, 0.4) is 0 Å². The molecular formula is C16H17F2NO2. The van der Waals surface area contributed by atoms with Gasteiger partial charge in [-0.15, -0.1) is 0 Å². The number of para-hydroxylation sites is 1. The summed E-state index contributed by atoms with van der Waals surface area (Å²) in [5.74, 6) is -1.21. The molecule has 0 bridgehead atoms. The minimum absolute atomic E-state index is 0.0632. The molecule has 0 spiro atoms. The van der Waals surface area contributed by atoms with Crippen molar-refractivity contribution in [1.82, 2.24) is 0 Å². The summed E-state index contributed by atoms with van der Waals surface area (Å²) in [7, 11) is 1.59. The van der Waals surface area contributed by atoms with Crippen LogP contribution in [0, 0.1) is 11.6 Å². The Morgan fingerprint density at radius 3 is 2.71 bits per heavy atom. The topological polar surface area (TPSA) is 41.5 Å². The molecule has 2 N–H and O–H groups in total. The van der Waals surface area contributed by atoms with Gasteiger partial charge in [0.05, 0.1) is 12.7 Å². The predicted molar refractivity (Wildman–Crippen MR) is 77.0 cm³/mol. The fourth-order valence-corrected chi connectivity index (χ4v) is 2.06. The summed E-state index contributed by atoms with van der Waals surface area (Å²) in [6.45, 7) is 0.495. The van der Waals surface area contributed by atoms with Gasteiger partial charge in [-0.05, 0) is 24.3 Å². The van der Waals surface area contributed by atoms with Crippen molar-refractivity contribution < 1.29 is 18.6 Å². The van der Waals surface area contributed by atoms with Crippen LogP contribution in [0.1, 0.15) is 17.2 Å². The lowest BCUT2D eigenvalue weighted by Gasteiger charge is -2.16. The highest BCUT2D eigenvalue weighted by molar-refractivity contribution is 5.51. The Morgan fingerprint density at radius 2 is 1.95 bits per heavy atom. The number of anilines is 1. The maximum absolute atomic E-state index is 13.6. The van der Waals surface area contributed by atoms with Gasteiger partial charge in [-0.25, -0.2) is 8.78 Å². The molecule has 2 aromatic rings. The van der Waals surface area contributed by atoms with E-state index in [1.807, 2.05) is 24.3 Å². The van der Waals surface area contributed by atoms with Crippen LogP contribution in [-0.4, -0.2) is 18.8 Å². The molecule has 0 saturated heterocycles. The number of methoxy groups -OCH3 is 1. The van der Waals surface area contributed by atoms with Crippen LogP contribution in [0.15, 0.2) is 42.5 Å². The van der Waals surface area contributed by atoms with Gasteiger partial charge in [-0.1, -0.05) is 18.2 Å². The van der Waals surface area contributed by atoms with Crippen molar-refractivity contribution in [3.63, 3.8) is 0 Å². The molecule has 0 fully saturated rings. The Kier molecular flexibility index (Phi) is 5.25. The maximum Gasteiger partial charge on any atom is 0.129 e. The molecule has 21 heavy (non-hydrogen) atoms. The zero-order valence-corrected chi connectivity index (χ0v) is 11.6. The number of hydrogen-bond acceptors (Lipinski definition) is 3. The van der Waals surface area contributed by atoms with E-state index in [2.05, 4.69) is 5.32 Å². The zero-order chi connectivity index (χ0) is 15.2. The SMILES string of the molecule is COCc1ccccc1NCC(O)c1cc(F)ccc1F. The molecular weight excluding hydrogens is 276 g/mol. The van der Waals surface area contributed by atoms with E-state index in [1.54, 1.807) is 7.11 Å². The van der Waals surface area contributed by atoms with Gasteiger partial charge >= 0.3 is 0 Å². The Hall–Kier alpha value is -1.98. The Balaban J connectivity index is 2.07. The van der Waals surface area contributed by atoms with Crippen molar-refractivity contribution in [3.05, 3.63) is 65.2 Å². The van der Waals surface area contributed by atoms with Crippen LogP contribution in [0.5, 0.6) is 0 Å². The third-order valence-corrected chi connectivity index (χ3v) is 3.12. The summed E-state index contributed by atoms with van der Waals surface area (Å²) in [5, 5.41) is 13.0. The van der Waals surface area contributed by atoms with E-state index in [1.165, 1.54) is 0 Å². The summed E-state index contributed by atoms with van der Waals surface area (Å²) in [6.07, 6.45) is -1.14. The van der Waals surface area contributed by atoms with Gasteiger partial charge in [0.1, 0.15) is 11.6 Å². The second-order valence-electron chi connectivity index (χ2n) is 4.65. The van der Waals surface area contributed by atoms with Gasteiger partial charge in [-0.3, -0.25) is 0 Å². The molecule has 0 saturated carbocycles. The van der Waals surface area contributed by atoms with Crippen LogP contribution in [-0.2, 0) is 11.3 Å². The molecule has 0 aliphatic rings. The number of halogens is 2. The van der Waals surface area contributed by atoms with Gasteiger partial charge in [0.2, 0.25) is 0 Å². The molecule has 1 atom stereocenters. The monoisotopic (exact) mass is 293 g/mol. The van der Waals surface area contributed by atoms with Crippen molar-refractivity contribution in [2.45, 2.75) is 12.7 Å². The molecule has 3 nitrogen and oxygen atoms in total. The van der Waals surface area contributed by atoms with Gasteiger partial charge < -0.3 is 15.2 Å². The normalized spacial score (nSPS) is 12.2. The number of hydrogen-bond donors (Lipinski definition) is 2. The van der Waals surface area contributed by atoms with E-state index < -0.39 is 17.7 Å². The van der Waals surface area contributed by atoms with Crippen molar-refractivity contribution >= 4 is 5.69 Å². The third kappa shape index (κ3) is 4.00. The first kappa shape index (κ1) is 15.4. The van der Waals surface area contributed by atoms with E-state index >= 15 is 0 Å². The summed E-state index contributed by atoms with van der Waals surface area (Å²) >= 11 is 0. The van der Waals surface area contributed by atoms with Crippen LogP contribution in [0.25, 0.3) is 0 Å². The molecule has 0 amide bonds. The number of aliphatic hydroxyl groups excluding tert-OH is 1. The first-order valence-corrected chi connectivity index (χ1v) is 6.55. The zero-order valence-electron chi connectivity index (χ0n) is 11.6. The number of benzene rings is 2. The van der Waals surface area contributed by atoms with Gasteiger partial charge in [0, 0.05) is 30.5 Å². The summed E-state index contributed by atoms with van der Waals surface area (Å²) < 4.78 is 31.8. The van der Waals surface area contributed by atoms with Crippen molar-refractivity contribution in [3.8, 4) is 0 Å². The van der Waals surface area contributed by atoms with Crippen LogP contribution in [0.4, 0.5) is 14.5 Å². The Bertz CT molecular complexity index is 605. The van der Waals surface area contributed by atoms with E-state index in [-0.39, 0.29) is 12.1 Å². The number of nitrogens with one attached hydrogen (secondary N) is 1. The lowest BCUT2D eigenvalue weighted by molar-refractivity contribution is 0.182. The molecule has 2 rings (SSSR count). The van der Waals surface area contributed by atoms with Crippen molar-refractivity contribution in [2.24, 2.45) is 0 Å². The van der Waals surface area contributed by atoms with E-state index in [0.29, 0.717) is 6.61 Å². The second kappa shape index (κ2) is 7.15. The summed E-state index contributed by atoms with van der Waals surface area (Å²) in [4.78, 5) is 0. The maximum atomic E-state index is 13.6. The molecule has 5 heteroatoms. The van der Waals surface area contributed by atoms with Crippen LogP contribution in [0.2, 0.25) is 0 Å². The largest absolute Gasteiger partial charge is 0.386 e. The van der Waals surface area contributed by atoms with Gasteiger partial charge in [0.25, 0.3) is 0 Å². The minimum atomic E-state index is -1.14. The quantitative estimate of drug-likeness (QED) is 0.859. The highest BCUT2D eigenvalue weighted by atomic mass is 19.1. The molecule has 0 radical (unpaired) electrons. The first-order chi connectivity index (χ1) is 10.1. The highest BCUT2D eigenvalue weighted by Crippen LogP contribution is 2.21. The second-order valence-corrected chi connectivity index (χ2v) is 4.65. The number of aliphatic hydroxyl groups is 1. The number of ether oxygens (including phenoxy) is 1. The molecule has 0 aliphatic heterocycles. The average molecular weight is 293 g/mol. The summed E-state index contributed by atoms with van der Waals surface area (Å²) in [5.41, 5.74) is 1.65. The van der Waals surface area contributed by atoms with Crippen LogP contribution >= 0.6 is 0 Å². The Morgan fingerprint density at radius 1 is 1.19 bits per heavy atom. The third-order valence-electron chi connectivity index (χ3n) is 3.12. The van der Waals surface area contributed by atoms with Crippen molar-refractivity contribution in [2.75, 3.05) is 19.0 Å². The van der Waals surface area contributed by atoms with Crippen LogP contribution < -0.4 is 5.32 Å². The molecule has 1 unspecified atom stereocenters. The smallest absolute Gasteiger partial charge is 0.129 e. The fourth-order valence-electron chi connectivity index (χ4n) is 2.06. The predicted octanol–water partition coefficient (Wildman–Crippen LogP) is 3.26. The molecule has 0 aromatic heterocycles. The minimum Gasteiger partial charge on any atom is -0.386 e. The van der Waals surface area contributed by atoms with Gasteiger partial charge in [-0.2, -0.15) is 0 Å².